The van der Waals surface area contributed by atoms with E-state index in [2.05, 4.69) is 0 Å². The van der Waals surface area contributed by atoms with Crippen molar-refractivity contribution >= 4 is 71.2 Å². The number of rotatable bonds is 18. The van der Waals surface area contributed by atoms with Gasteiger partial charge in [0.2, 0.25) is 0 Å². The van der Waals surface area contributed by atoms with E-state index < -0.39 is 87.7 Å². The Morgan fingerprint density at radius 1 is 0.318 bits per heavy atom. The Morgan fingerprint density at radius 3 is 0.788 bits per heavy atom. The van der Waals surface area contributed by atoms with Crippen molar-refractivity contribution in [3.8, 4) is 23.0 Å². The van der Waals surface area contributed by atoms with E-state index in [-0.39, 0.29) is 59.5 Å². The summed E-state index contributed by atoms with van der Waals surface area (Å²) in [5.41, 5.74) is -12.9. The number of hydrogen-bond donors (Lipinski definition) is 0. The van der Waals surface area contributed by atoms with E-state index in [1.54, 1.807) is 104 Å². The minimum atomic E-state index is -6.27. The maximum absolute atomic E-state index is 14.3. The van der Waals surface area contributed by atoms with E-state index in [4.69, 9.17) is 19.2 Å². The Bertz CT molecular complexity index is 3800. The molecule has 0 saturated heterocycles. The standard InChI is InChI=1S/C59H52F9IO11S5/c1-37-13-9-17-53(41(37)5)81(79-84(72,73)58(63,64)65,54-18-10-14-38(2)42(54)6)51-33-29-49(30-34-51)76-47-25-21-45(22-26-47)69(78-83(70,71)57(60,61)62)46-23-27-48(28-24-46)77-50-31-35-52(36-32-50)82(80-85(74,75)59(66,67)68,55-19-11-15-39(3)43(55)7)56-20-12-16-40(4)44(56)8/h9-36H,1-8H3. The second kappa shape index (κ2) is 24.2. The molecule has 0 radical (unpaired) electrons. The molecule has 0 fully saturated rings. The van der Waals surface area contributed by atoms with Gasteiger partial charge in [0.15, 0.2) is 0 Å². The van der Waals surface area contributed by atoms with Crippen molar-refractivity contribution in [3.05, 3.63) is 222 Å². The number of ether oxygens (including phenoxy) is 2. The summed E-state index contributed by atoms with van der Waals surface area (Å²) in [5.74, 6) is 0.283. The third-order valence-corrected chi connectivity index (χ3v) is 31.0. The van der Waals surface area contributed by atoms with Gasteiger partial charge in [0, 0.05) is 0 Å². The second-order valence-electron chi connectivity index (χ2n) is 19.1. The topological polar surface area (TPSA) is 149 Å². The quantitative estimate of drug-likeness (QED) is 0.0459. The molecule has 8 rings (SSSR count). The van der Waals surface area contributed by atoms with Gasteiger partial charge in [-0.15, -0.1) is 0 Å². The summed E-state index contributed by atoms with van der Waals surface area (Å²) >= 11 is -4.10. The smallest absolute Gasteiger partial charge is 0.0608 e. The fourth-order valence-corrected chi connectivity index (χ4v) is 25.6. The van der Waals surface area contributed by atoms with Crippen molar-refractivity contribution in [1.82, 2.24) is 0 Å². The molecular formula is C59H52F9IO11S5. The number of hydrogen-bond acceptors (Lipinski definition) is 11. The molecule has 0 unspecified atom stereocenters. The zero-order valence-corrected chi connectivity index (χ0v) is 52.2. The second-order valence-corrected chi connectivity index (χ2v) is 34.4. The van der Waals surface area contributed by atoms with Crippen molar-refractivity contribution < 1.29 is 84.0 Å². The van der Waals surface area contributed by atoms with E-state index in [1.165, 1.54) is 121 Å². The zero-order valence-electron chi connectivity index (χ0n) is 46.0. The Labute approximate surface area is 497 Å². The summed E-state index contributed by atoms with van der Waals surface area (Å²) in [6, 6.07) is 40.7. The summed E-state index contributed by atoms with van der Waals surface area (Å²) in [7, 11) is -26.2. The Morgan fingerprint density at radius 2 is 0.553 bits per heavy atom. The molecule has 8 aromatic carbocycles. The first-order valence-electron chi connectivity index (χ1n) is 25.0. The molecule has 11 nitrogen and oxygen atoms in total. The molecule has 0 bridgehead atoms. The molecule has 0 N–H and O–H groups in total. The van der Waals surface area contributed by atoms with Crippen LogP contribution in [0.4, 0.5) is 39.5 Å². The van der Waals surface area contributed by atoms with Crippen molar-refractivity contribution in [2.45, 2.75) is 101 Å². The van der Waals surface area contributed by atoms with Gasteiger partial charge in [-0.1, -0.05) is 48.5 Å². The van der Waals surface area contributed by atoms with Gasteiger partial charge in [-0.2, -0.15) is 43.2 Å². The van der Waals surface area contributed by atoms with Crippen molar-refractivity contribution in [2.75, 3.05) is 0 Å². The monoisotopic (exact) mass is 1390 g/mol. The number of benzene rings is 8. The number of aryl methyl sites for hydroxylation is 4. The predicted octanol–water partition coefficient (Wildman–Crippen LogP) is 18.2. The maximum atomic E-state index is 14.3. The Hall–Kier alpha value is -6.11. The van der Waals surface area contributed by atoms with Crippen LogP contribution in [-0.2, 0) is 40.1 Å². The van der Waals surface area contributed by atoms with E-state index in [9.17, 15) is 64.8 Å². The molecule has 0 aromatic heterocycles. The van der Waals surface area contributed by atoms with E-state index in [0.717, 1.165) is 0 Å². The van der Waals surface area contributed by atoms with Crippen LogP contribution < -0.4 is 9.47 Å². The van der Waals surface area contributed by atoms with Gasteiger partial charge < -0.3 is 0 Å². The summed E-state index contributed by atoms with van der Waals surface area (Å²) < 4.78 is 234. The van der Waals surface area contributed by atoms with Crippen LogP contribution in [0, 0.1) is 62.5 Å². The third-order valence-electron chi connectivity index (χ3n) is 13.6. The van der Waals surface area contributed by atoms with Crippen LogP contribution in [0.5, 0.6) is 23.0 Å². The molecule has 0 atom stereocenters. The van der Waals surface area contributed by atoms with Gasteiger partial charge in [0.25, 0.3) is 0 Å². The van der Waals surface area contributed by atoms with Gasteiger partial charge >= 0.3 is 332 Å². The van der Waals surface area contributed by atoms with Crippen molar-refractivity contribution in [1.29, 1.82) is 0 Å². The normalized spacial score (nSPS) is 13.5. The van der Waals surface area contributed by atoms with Gasteiger partial charge in [0.1, 0.15) is 0 Å². The third kappa shape index (κ3) is 13.0. The molecular weight excluding hydrogens is 1340 g/mol. The van der Waals surface area contributed by atoms with Gasteiger partial charge in [-0.25, -0.2) is 0 Å². The molecule has 85 heavy (non-hydrogen) atoms. The van der Waals surface area contributed by atoms with Crippen molar-refractivity contribution in [2.24, 2.45) is 0 Å². The molecule has 0 heterocycles. The van der Waals surface area contributed by atoms with E-state index >= 15 is 0 Å². The van der Waals surface area contributed by atoms with Crippen molar-refractivity contribution in [3.63, 3.8) is 0 Å². The van der Waals surface area contributed by atoms with Crippen LogP contribution in [-0.4, -0.2) is 41.8 Å². The van der Waals surface area contributed by atoms with E-state index in [1.807, 2.05) is 0 Å². The summed E-state index contributed by atoms with van der Waals surface area (Å²) in [5, 5.41) is 0. The Balaban J connectivity index is 1.11. The van der Waals surface area contributed by atoms with E-state index in [0.29, 0.717) is 44.5 Å². The van der Waals surface area contributed by atoms with Crippen LogP contribution in [0.1, 0.15) is 44.5 Å². The van der Waals surface area contributed by atoms with Gasteiger partial charge in [-0.05, 0) is 77.6 Å². The van der Waals surface area contributed by atoms with Crippen LogP contribution in [0.3, 0.4) is 0 Å². The first-order chi connectivity index (χ1) is 39.5. The summed E-state index contributed by atoms with van der Waals surface area (Å²) in [4.78, 5) is 0.851. The SMILES string of the molecule is Cc1cccc(S(OS(=O)(=O)C(F)(F)F)(c2ccc(Oc3ccc(I(OS(=O)(=O)C(F)(F)F)c4ccc(Oc5ccc(S(OS(=O)(=O)C(F)(F)F)(c6cccc(C)c6C)c6cccc(C)c6C)cc5)cc4)cc3)cc2)c2cccc(C)c2C)c1C. The molecule has 8 aromatic rings. The number of alkyl halides is 9. The molecule has 454 valence electrons. The fraction of sp³-hybridized carbons (Fsp3) is 0.186. The zero-order chi connectivity index (χ0) is 62.5. The fourth-order valence-electron chi connectivity index (χ4n) is 8.68. The minimum Gasteiger partial charge on any atom is -0.0608 e. The molecule has 26 heteroatoms. The summed E-state index contributed by atoms with van der Waals surface area (Å²) in [6.45, 7) is 13.5. The molecule has 0 aliphatic heterocycles. The summed E-state index contributed by atoms with van der Waals surface area (Å²) in [6.07, 6.45) is 0. The molecule has 0 aliphatic rings. The molecule has 0 amide bonds. The predicted molar refractivity (Wildman–Crippen MR) is 314 cm³/mol. The van der Waals surface area contributed by atoms with Crippen LogP contribution in [0.15, 0.2) is 199 Å². The first-order valence-corrected chi connectivity index (χ1v) is 35.4. The molecule has 0 aliphatic carbocycles. The minimum absolute atomic E-state index is 0.0378. The molecule has 0 spiro atoms. The van der Waals surface area contributed by atoms with Crippen LogP contribution in [0.2, 0.25) is 0 Å². The number of halogens is 10. The average Bonchev–Trinajstić information content (AvgIpc) is 1.10. The van der Waals surface area contributed by atoms with Gasteiger partial charge in [0.05, 0.1) is 0 Å². The Kier molecular flexibility index (Phi) is 18.5. The van der Waals surface area contributed by atoms with Gasteiger partial charge in [-0.3, -0.25) is 0 Å². The van der Waals surface area contributed by atoms with Crippen LogP contribution in [0.25, 0.3) is 0 Å². The molecule has 0 saturated carbocycles. The average molecular weight is 1400 g/mol. The first kappa shape index (κ1) is 64.9. The van der Waals surface area contributed by atoms with Crippen LogP contribution >= 0.6 is 40.9 Å².